The van der Waals surface area contributed by atoms with Gasteiger partial charge < -0.3 is 4.90 Å². The minimum Gasteiger partial charge on any atom is -0.324 e. The molecule has 1 fully saturated rings. The lowest BCUT2D eigenvalue weighted by Gasteiger charge is -2.49. The number of benzene rings is 3. The lowest BCUT2D eigenvalue weighted by Crippen LogP contribution is -3.27. The second-order valence-corrected chi connectivity index (χ2v) is 12.5. The van der Waals surface area contributed by atoms with Gasteiger partial charge in [0.15, 0.2) is 0 Å². The molecule has 1 saturated carbocycles. The topological polar surface area (TPSA) is 16.5 Å². The third-order valence-corrected chi connectivity index (χ3v) is 7.79. The van der Waals surface area contributed by atoms with Crippen molar-refractivity contribution in [3.8, 4) is 0 Å². The summed E-state index contributed by atoms with van der Waals surface area (Å²) in [7, 11) is 0. The molecule has 2 nitrogen and oxygen atoms in total. The van der Waals surface area contributed by atoms with Gasteiger partial charge in [-0.05, 0) is 71.1 Å². The molecule has 1 aliphatic rings. The summed E-state index contributed by atoms with van der Waals surface area (Å²) in [4.78, 5) is 1.74. The Morgan fingerprint density at radius 2 is 0.886 bits per heavy atom. The molecule has 3 aromatic carbocycles. The van der Waals surface area contributed by atoms with E-state index in [1.807, 2.05) is 0 Å². The van der Waals surface area contributed by atoms with E-state index in [0.29, 0.717) is 12.1 Å². The smallest absolute Gasteiger partial charge is 0.0950 e. The summed E-state index contributed by atoms with van der Waals surface area (Å²) in [5.74, 6) is 0. The first-order chi connectivity index (χ1) is 16.6. The highest BCUT2D eigenvalue weighted by Crippen LogP contribution is 2.38. The van der Waals surface area contributed by atoms with E-state index in [2.05, 4.69) is 138 Å². The number of quaternary nitrogens is 1. The van der Waals surface area contributed by atoms with Crippen molar-refractivity contribution in [1.29, 1.82) is 0 Å². The van der Waals surface area contributed by atoms with Gasteiger partial charge in [0, 0.05) is 18.9 Å². The molecule has 2 N–H and O–H groups in total. The monoisotopic (exact) mass is 469 g/mol. The quantitative estimate of drug-likeness (QED) is 0.402. The molecule has 2 heteroatoms. The first-order valence-corrected chi connectivity index (χ1v) is 13.4. The number of hydrogen-bond acceptors (Lipinski definition) is 1. The van der Waals surface area contributed by atoms with Crippen LogP contribution in [0, 0.1) is 0 Å². The highest BCUT2D eigenvalue weighted by molar-refractivity contribution is 5.49. The van der Waals surface area contributed by atoms with Gasteiger partial charge in [0.05, 0.1) is 22.7 Å². The van der Waals surface area contributed by atoms with Crippen LogP contribution in [0.3, 0.4) is 0 Å². The normalized spacial score (nSPS) is 19.6. The summed E-state index contributed by atoms with van der Waals surface area (Å²) in [5, 5.41) is 4.25. The molecule has 3 aromatic rings. The molecule has 0 saturated heterocycles. The van der Waals surface area contributed by atoms with Crippen LogP contribution in [-0.4, -0.2) is 23.2 Å². The standard InChI is InChI=1S/C33H44N2/c1-31(2,3)35(32(4,5)6)30-24-22-29(23-25-30)34-33(26-16-10-7-11-17-26,27-18-12-8-13-19-27)28-20-14-9-15-21-28/h7-21,29-30,34H,22-25H2,1-6H3/p+1. The Hall–Kier alpha value is -2.42. The summed E-state index contributed by atoms with van der Waals surface area (Å²) >= 11 is 0. The maximum Gasteiger partial charge on any atom is 0.0950 e. The van der Waals surface area contributed by atoms with Gasteiger partial charge in [-0.3, -0.25) is 5.32 Å². The van der Waals surface area contributed by atoms with Gasteiger partial charge >= 0.3 is 0 Å². The average Bonchev–Trinajstić information content (AvgIpc) is 2.83. The van der Waals surface area contributed by atoms with E-state index in [0.717, 1.165) is 0 Å². The first kappa shape index (κ1) is 25.7. The summed E-state index contributed by atoms with van der Waals surface area (Å²) in [6.07, 6.45) is 4.93. The van der Waals surface area contributed by atoms with Crippen molar-refractivity contribution >= 4 is 0 Å². The zero-order valence-electron chi connectivity index (χ0n) is 22.6. The van der Waals surface area contributed by atoms with E-state index in [4.69, 9.17) is 0 Å². The number of hydrogen-bond donors (Lipinski definition) is 2. The second-order valence-electron chi connectivity index (χ2n) is 12.5. The molecular formula is C33H45N2+. The summed E-state index contributed by atoms with van der Waals surface area (Å²) in [6.45, 7) is 14.4. The fourth-order valence-corrected chi connectivity index (χ4v) is 7.00. The van der Waals surface area contributed by atoms with E-state index in [1.165, 1.54) is 42.4 Å². The van der Waals surface area contributed by atoms with Crippen LogP contribution in [0.25, 0.3) is 0 Å². The summed E-state index contributed by atoms with van der Waals surface area (Å²) in [5.41, 5.74) is 4.02. The zero-order chi connectivity index (χ0) is 25.1. The lowest BCUT2D eigenvalue weighted by atomic mass is 9.75. The Morgan fingerprint density at radius 3 is 1.20 bits per heavy atom. The SMILES string of the molecule is CC(C)(C)[NH+](C1CCC(NC(c2ccccc2)(c2ccccc2)c2ccccc2)CC1)C(C)(C)C. The number of nitrogens with one attached hydrogen (secondary N) is 2. The van der Waals surface area contributed by atoms with Crippen molar-refractivity contribution in [3.05, 3.63) is 108 Å². The van der Waals surface area contributed by atoms with Gasteiger partial charge in [-0.15, -0.1) is 0 Å². The molecule has 186 valence electrons. The molecular weight excluding hydrogens is 424 g/mol. The van der Waals surface area contributed by atoms with Gasteiger partial charge in [0.2, 0.25) is 0 Å². The molecule has 0 spiro atoms. The highest BCUT2D eigenvalue weighted by Gasteiger charge is 2.44. The number of rotatable bonds is 6. The first-order valence-electron chi connectivity index (χ1n) is 13.4. The Labute approximate surface area is 213 Å². The van der Waals surface area contributed by atoms with Crippen LogP contribution in [-0.2, 0) is 5.54 Å². The molecule has 4 rings (SSSR count). The zero-order valence-corrected chi connectivity index (χ0v) is 22.6. The van der Waals surface area contributed by atoms with E-state index in [9.17, 15) is 0 Å². The van der Waals surface area contributed by atoms with Crippen molar-refractivity contribution in [2.24, 2.45) is 0 Å². The molecule has 35 heavy (non-hydrogen) atoms. The van der Waals surface area contributed by atoms with E-state index >= 15 is 0 Å². The Morgan fingerprint density at radius 1 is 0.543 bits per heavy atom. The van der Waals surface area contributed by atoms with Gasteiger partial charge in [0.1, 0.15) is 0 Å². The van der Waals surface area contributed by atoms with Crippen LogP contribution in [0.5, 0.6) is 0 Å². The molecule has 0 amide bonds. The molecule has 0 aromatic heterocycles. The fourth-order valence-electron chi connectivity index (χ4n) is 7.00. The fraction of sp³-hybridized carbons (Fsp3) is 0.455. The van der Waals surface area contributed by atoms with Gasteiger partial charge in [0.25, 0.3) is 0 Å². The lowest BCUT2D eigenvalue weighted by molar-refractivity contribution is -1.01. The van der Waals surface area contributed by atoms with E-state index in [-0.39, 0.29) is 16.6 Å². The highest BCUT2D eigenvalue weighted by atomic mass is 15.3. The molecule has 0 aliphatic heterocycles. The van der Waals surface area contributed by atoms with E-state index in [1.54, 1.807) is 4.90 Å². The van der Waals surface area contributed by atoms with Crippen LogP contribution in [0.2, 0.25) is 0 Å². The average molecular weight is 470 g/mol. The third kappa shape index (κ3) is 5.55. The van der Waals surface area contributed by atoms with Crippen molar-refractivity contribution in [3.63, 3.8) is 0 Å². The molecule has 0 heterocycles. The van der Waals surface area contributed by atoms with Crippen molar-refractivity contribution in [1.82, 2.24) is 5.32 Å². The molecule has 0 atom stereocenters. The summed E-state index contributed by atoms with van der Waals surface area (Å²) in [6, 6.07) is 34.2. The third-order valence-electron chi connectivity index (χ3n) is 7.79. The minimum atomic E-state index is -0.373. The second kappa shape index (κ2) is 10.3. The predicted molar refractivity (Wildman–Crippen MR) is 149 cm³/mol. The Balaban J connectivity index is 1.69. The van der Waals surface area contributed by atoms with Crippen molar-refractivity contribution < 1.29 is 4.90 Å². The van der Waals surface area contributed by atoms with E-state index < -0.39 is 0 Å². The molecule has 0 unspecified atom stereocenters. The van der Waals surface area contributed by atoms with Crippen LogP contribution < -0.4 is 10.2 Å². The van der Waals surface area contributed by atoms with Crippen molar-refractivity contribution in [2.75, 3.05) is 0 Å². The maximum absolute atomic E-state index is 4.25. The summed E-state index contributed by atoms with van der Waals surface area (Å²) < 4.78 is 0. The Kier molecular flexibility index (Phi) is 7.54. The maximum atomic E-state index is 4.25. The van der Waals surface area contributed by atoms with Crippen LogP contribution in [0.1, 0.15) is 83.9 Å². The van der Waals surface area contributed by atoms with Crippen LogP contribution in [0.15, 0.2) is 91.0 Å². The van der Waals surface area contributed by atoms with Crippen LogP contribution in [0.4, 0.5) is 0 Å². The van der Waals surface area contributed by atoms with Gasteiger partial charge in [-0.1, -0.05) is 91.0 Å². The van der Waals surface area contributed by atoms with Crippen molar-refractivity contribution in [2.45, 2.75) is 95.9 Å². The molecule has 0 radical (unpaired) electrons. The van der Waals surface area contributed by atoms with Crippen LogP contribution >= 0.6 is 0 Å². The Bertz CT molecular complexity index is 926. The molecule has 1 aliphatic carbocycles. The predicted octanol–water partition coefficient (Wildman–Crippen LogP) is 6.36. The molecule has 0 bridgehead atoms. The minimum absolute atomic E-state index is 0.241. The largest absolute Gasteiger partial charge is 0.324 e. The van der Waals surface area contributed by atoms with Gasteiger partial charge in [-0.25, -0.2) is 0 Å². The van der Waals surface area contributed by atoms with Gasteiger partial charge in [-0.2, -0.15) is 0 Å².